The van der Waals surface area contributed by atoms with E-state index < -0.39 is 5.91 Å². The van der Waals surface area contributed by atoms with Gasteiger partial charge in [0.05, 0.1) is 12.3 Å². The maximum Gasteiger partial charge on any atom is 0.276 e. The number of amides is 1. The molecule has 1 amide bonds. The predicted molar refractivity (Wildman–Crippen MR) is 82.2 cm³/mol. The number of nitrogens with zero attached hydrogens (tertiary/aromatic N) is 2. The largest absolute Gasteiger partial charge is 0.491 e. The topological polar surface area (TPSA) is 64.1 Å². The molecule has 1 N–H and O–H groups in total. The minimum Gasteiger partial charge on any atom is -0.491 e. The number of halogens is 2. The van der Waals surface area contributed by atoms with Gasteiger partial charge in [-0.15, -0.1) is 10.2 Å². The van der Waals surface area contributed by atoms with Crippen LogP contribution in [0.15, 0.2) is 30.3 Å². The van der Waals surface area contributed by atoms with Crippen LogP contribution in [0.3, 0.4) is 0 Å². The lowest BCUT2D eigenvalue weighted by Gasteiger charge is -2.12. The van der Waals surface area contributed by atoms with Gasteiger partial charge in [0.25, 0.3) is 5.91 Å². The van der Waals surface area contributed by atoms with Crippen LogP contribution in [0.25, 0.3) is 0 Å². The Balaban J connectivity index is 2.19. The van der Waals surface area contributed by atoms with Crippen LogP contribution in [0.1, 0.15) is 23.8 Å². The molecule has 0 atom stereocenters. The van der Waals surface area contributed by atoms with Gasteiger partial charge in [-0.05, 0) is 36.8 Å². The first-order valence-corrected chi connectivity index (χ1v) is 7.08. The normalized spacial score (nSPS) is 10.2. The molecular weight excluding hydrogens is 313 g/mol. The number of anilines is 1. The second-order valence-electron chi connectivity index (χ2n) is 4.18. The van der Waals surface area contributed by atoms with E-state index in [2.05, 4.69) is 15.5 Å². The maximum atomic E-state index is 12.1. The molecular formula is C14H13Cl2N3O2. The molecule has 0 saturated carbocycles. The van der Waals surface area contributed by atoms with E-state index >= 15 is 0 Å². The molecule has 110 valence electrons. The van der Waals surface area contributed by atoms with Crippen molar-refractivity contribution in [1.82, 2.24) is 10.2 Å². The zero-order valence-electron chi connectivity index (χ0n) is 11.3. The standard InChI is InChI=1S/C14H13Cl2N3O2/c1-2-7-21-12-5-3-9(15)8-11(12)17-14(20)10-4-6-13(16)19-18-10/h3-6,8H,2,7H2,1H3,(H,17,20). The van der Waals surface area contributed by atoms with E-state index in [1.165, 1.54) is 12.1 Å². The van der Waals surface area contributed by atoms with Crippen molar-refractivity contribution in [3.8, 4) is 5.75 Å². The van der Waals surface area contributed by atoms with Crippen LogP contribution in [0.4, 0.5) is 5.69 Å². The van der Waals surface area contributed by atoms with Crippen molar-refractivity contribution in [1.29, 1.82) is 0 Å². The molecule has 2 rings (SSSR count). The summed E-state index contributed by atoms with van der Waals surface area (Å²) in [5, 5.41) is 10.8. The van der Waals surface area contributed by atoms with Crippen LogP contribution < -0.4 is 10.1 Å². The highest BCUT2D eigenvalue weighted by Gasteiger charge is 2.12. The number of aromatic nitrogens is 2. The van der Waals surface area contributed by atoms with Crippen molar-refractivity contribution in [2.24, 2.45) is 0 Å². The monoisotopic (exact) mass is 325 g/mol. The van der Waals surface area contributed by atoms with Crippen LogP contribution in [0.5, 0.6) is 5.75 Å². The van der Waals surface area contributed by atoms with Gasteiger partial charge in [0.1, 0.15) is 5.75 Å². The summed E-state index contributed by atoms with van der Waals surface area (Å²) >= 11 is 11.6. The van der Waals surface area contributed by atoms with Gasteiger partial charge < -0.3 is 10.1 Å². The summed E-state index contributed by atoms with van der Waals surface area (Å²) in [6.45, 7) is 2.54. The highest BCUT2D eigenvalue weighted by atomic mass is 35.5. The van der Waals surface area contributed by atoms with Gasteiger partial charge >= 0.3 is 0 Å². The first-order chi connectivity index (χ1) is 10.1. The summed E-state index contributed by atoms with van der Waals surface area (Å²) in [7, 11) is 0. The average Bonchev–Trinajstić information content (AvgIpc) is 2.47. The minimum atomic E-state index is -0.414. The van der Waals surface area contributed by atoms with Gasteiger partial charge in [0.2, 0.25) is 0 Å². The first kappa shape index (κ1) is 15.5. The van der Waals surface area contributed by atoms with E-state index in [4.69, 9.17) is 27.9 Å². The lowest BCUT2D eigenvalue weighted by atomic mass is 10.2. The van der Waals surface area contributed by atoms with Crippen molar-refractivity contribution in [3.63, 3.8) is 0 Å². The summed E-state index contributed by atoms with van der Waals surface area (Å²) in [5.74, 6) is 0.138. The third-order valence-electron chi connectivity index (χ3n) is 2.52. The van der Waals surface area contributed by atoms with Gasteiger partial charge in [-0.3, -0.25) is 4.79 Å². The molecule has 7 heteroatoms. The Kier molecular flexibility index (Phi) is 5.36. The predicted octanol–water partition coefficient (Wildman–Crippen LogP) is 3.82. The van der Waals surface area contributed by atoms with Crippen LogP contribution in [-0.4, -0.2) is 22.7 Å². The molecule has 1 aromatic carbocycles. The van der Waals surface area contributed by atoms with Crippen LogP contribution in [-0.2, 0) is 0 Å². The Hall–Kier alpha value is -1.85. The van der Waals surface area contributed by atoms with E-state index in [1.54, 1.807) is 18.2 Å². The number of carbonyl (C=O) groups is 1. The number of benzene rings is 1. The quantitative estimate of drug-likeness (QED) is 0.907. The Morgan fingerprint density at radius 2 is 2.05 bits per heavy atom. The second-order valence-corrected chi connectivity index (χ2v) is 5.01. The third kappa shape index (κ3) is 4.31. The van der Waals surface area contributed by atoms with Gasteiger partial charge in [-0.25, -0.2) is 0 Å². The van der Waals surface area contributed by atoms with Crippen molar-refractivity contribution in [2.75, 3.05) is 11.9 Å². The summed E-state index contributed by atoms with van der Waals surface area (Å²) in [5.41, 5.74) is 0.638. The SMILES string of the molecule is CCCOc1ccc(Cl)cc1NC(=O)c1ccc(Cl)nn1. The Bertz CT molecular complexity index is 633. The molecule has 0 aliphatic carbocycles. The number of rotatable bonds is 5. The summed E-state index contributed by atoms with van der Waals surface area (Å²) in [6, 6.07) is 8.01. The van der Waals surface area contributed by atoms with Gasteiger partial charge in [0, 0.05) is 5.02 Å². The van der Waals surface area contributed by atoms with Gasteiger partial charge in [-0.1, -0.05) is 30.1 Å². The molecule has 0 aliphatic rings. The second kappa shape index (κ2) is 7.24. The summed E-state index contributed by atoms with van der Waals surface area (Å²) < 4.78 is 5.57. The number of hydrogen-bond acceptors (Lipinski definition) is 4. The highest BCUT2D eigenvalue weighted by molar-refractivity contribution is 6.31. The van der Waals surface area contributed by atoms with E-state index in [-0.39, 0.29) is 10.8 Å². The van der Waals surface area contributed by atoms with E-state index in [0.717, 1.165) is 6.42 Å². The number of ether oxygens (including phenoxy) is 1. The molecule has 2 aromatic rings. The van der Waals surface area contributed by atoms with Crippen LogP contribution in [0.2, 0.25) is 10.2 Å². The fourth-order valence-corrected chi connectivity index (χ4v) is 1.83. The fourth-order valence-electron chi connectivity index (χ4n) is 1.56. The van der Waals surface area contributed by atoms with E-state index in [9.17, 15) is 4.79 Å². The van der Waals surface area contributed by atoms with Gasteiger partial charge in [-0.2, -0.15) is 0 Å². The van der Waals surface area contributed by atoms with Gasteiger partial charge in [0.15, 0.2) is 10.8 Å². The minimum absolute atomic E-state index is 0.154. The van der Waals surface area contributed by atoms with E-state index in [1.807, 2.05) is 6.92 Å². The molecule has 5 nitrogen and oxygen atoms in total. The molecule has 1 heterocycles. The van der Waals surface area contributed by atoms with Crippen LogP contribution >= 0.6 is 23.2 Å². The number of nitrogens with one attached hydrogen (secondary N) is 1. The Morgan fingerprint density at radius 3 is 2.71 bits per heavy atom. The lowest BCUT2D eigenvalue weighted by molar-refractivity contribution is 0.102. The van der Waals surface area contributed by atoms with Crippen molar-refractivity contribution >= 4 is 34.8 Å². The van der Waals surface area contributed by atoms with Crippen molar-refractivity contribution < 1.29 is 9.53 Å². The molecule has 0 bridgehead atoms. The zero-order valence-corrected chi connectivity index (χ0v) is 12.8. The van der Waals surface area contributed by atoms with Crippen LogP contribution in [0, 0.1) is 0 Å². The smallest absolute Gasteiger partial charge is 0.276 e. The molecule has 0 radical (unpaired) electrons. The molecule has 0 fully saturated rings. The summed E-state index contributed by atoms with van der Waals surface area (Å²) in [6.07, 6.45) is 0.860. The molecule has 21 heavy (non-hydrogen) atoms. The average molecular weight is 326 g/mol. The molecule has 0 aliphatic heterocycles. The van der Waals surface area contributed by atoms with Crippen molar-refractivity contribution in [2.45, 2.75) is 13.3 Å². The molecule has 0 spiro atoms. The Morgan fingerprint density at radius 1 is 1.24 bits per heavy atom. The molecule has 0 unspecified atom stereocenters. The van der Waals surface area contributed by atoms with Crippen molar-refractivity contribution in [3.05, 3.63) is 46.2 Å². The maximum absolute atomic E-state index is 12.1. The van der Waals surface area contributed by atoms with E-state index in [0.29, 0.717) is 23.1 Å². The molecule has 1 aromatic heterocycles. The number of carbonyl (C=O) groups excluding carboxylic acids is 1. The molecule has 0 saturated heterocycles. The zero-order chi connectivity index (χ0) is 15.2. The summed E-state index contributed by atoms with van der Waals surface area (Å²) in [4.78, 5) is 12.1. The third-order valence-corrected chi connectivity index (χ3v) is 2.95. The fraction of sp³-hybridized carbons (Fsp3) is 0.214. The highest BCUT2D eigenvalue weighted by Crippen LogP contribution is 2.28. The number of hydrogen-bond donors (Lipinski definition) is 1. The lowest BCUT2D eigenvalue weighted by Crippen LogP contribution is -2.15. The first-order valence-electron chi connectivity index (χ1n) is 6.33. The Labute approximate surface area is 132 Å².